The number of rotatable bonds is 4. The lowest BCUT2D eigenvalue weighted by molar-refractivity contribution is -0.146. The zero-order valence-electron chi connectivity index (χ0n) is 6.68. The Bertz CT molecular complexity index is 125. The lowest BCUT2D eigenvalue weighted by Gasteiger charge is -2.20. The molecule has 10 heavy (non-hydrogen) atoms. The Morgan fingerprint density at radius 3 is 2.30 bits per heavy atom. The van der Waals surface area contributed by atoms with Crippen molar-refractivity contribution < 1.29 is 9.90 Å². The average molecular weight is 162 g/mol. The Labute approximate surface area is 66.0 Å². The van der Waals surface area contributed by atoms with Crippen LogP contribution in [0.3, 0.4) is 0 Å². The molecule has 0 amide bonds. The van der Waals surface area contributed by atoms with E-state index in [1.807, 2.05) is 13.2 Å². The summed E-state index contributed by atoms with van der Waals surface area (Å²) in [5, 5.41) is 8.75. The summed E-state index contributed by atoms with van der Waals surface area (Å²) < 4.78 is 0. The zero-order valence-corrected chi connectivity index (χ0v) is 7.49. The zero-order chi connectivity index (χ0) is 8.20. The number of carbonyl (C=O) groups is 1. The van der Waals surface area contributed by atoms with Crippen LogP contribution in [-0.2, 0) is 4.79 Å². The van der Waals surface area contributed by atoms with E-state index in [2.05, 4.69) is 0 Å². The fraction of sp³-hybridized carbons (Fsp3) is 0.857. The molecule has 1 N–H and O–H groups in total. The number of thioether (sulfide) groups is 1. The van der Waals surface area contributed by atoms with Crippen molar-refractivity contribution in [1.82, 2.24) is 0 Å². The Kier molecular flexibility index (Phi) is 3.79. The van der Waals surface area contributed by atoms with Crippen molar-refractivity contribution >= 4 is 17.7 Å². The minimum Gasteiger partial charge on any atom is -0.481 e. The molecule has 0 rings (SSSR count). The van der Waals surface area contributed by atoms with Gasteiger partial charge >= 0.3 is 5.97 Å². The van der Waals surface area contributed by atoms with Gasteiger partial charge in [0.1, 0.15) is 0 Å². The molecule has 0 aliphatic rings. The van der Waals surface area contributed by atoms with E-state index in [1.165, 1.54) is 0 Å². The molecular weight excluding hydrogens is 148 g/mol. The second-order valence-electron chi connectivity index (χ2n) is 2.65. The van der Waals surface area contributed by atoms with E-state index in [0.29, 0.717) is 12.2 Å². The van der Waals surface area contributed by atoms with Crippen LogP contribution in [0.2, 0.25) is 0 Å². The van der Waals surface area contributed by atoms with E-state index in [4.69, 9.17) is 5.11 Å². The van der Waals surface area contributed by atoms with E-state index in [9.17, 15) is 4.79 Å². The Morgan fingerprint density at radius 2 is 2.20 bits per heavy atom. The van der Waals surface area contributed by atoms with Crippen LogP contribution >= 0.6 is 11.8 Å². The molecule has 60 valence electrons. The lowest BCUT2D eigenvalue weighted by Crippen LogP contribution is -2.29. The summed E-state index contributed by atoms with van der Waals surface area (Å²) in [6, 6.07) is 0. The van der Waals surface area contributed by atoms with Crippen molar-refractivity contribution in [3.63, 3.8) is 0 Å². The first-order valence-corrected chi connectivity index (χ1v) is 4.68. The maximum Gasteiger partial charge on any atom is 0.310 e. The molecule has 1 atom stereocenters. The highest BCUT2D eigenvalue weighted by Crippen LogP contribution is 2.25. The molecule has 0 radical (unpaired) electrons. The molecular formula is C7H14O2S. The second-order valence-corrected chi connectivity index (χ2v) is 3.52. The topological polar surface area (TPSA) is 37.3 Å². The molecule has 0 aliphatic heterocycles. The van der Waals surface area contributed by atoms with Gasteiger partial charge in [-0.15, -0.1) is 0 Å². The monoisotopic (exact) mass is 162 g/mol. The Balaban J connectivity index is 4.08. The summed E-state index contributed by atoms with van der Waals surface area (Å²) in [5.41, 5.74) is -0.528. The molecule has 3 heteroatoms. The van der Waals surface area contributed by atoms with Gasteiger partial charge < -0.3 is 5.11 Å². The normalized spacial score (nSPS) is 16.3. The molecule has 0 aliphatic carbocycles. The first kappa shape index (κ1) is 9.82. The van der Waals surface area contributed by atoms with Crippen LogP contribution in [0, 0.1) is 5.41 Å². The average Bonchev–Trinajstić information content (AvgIpc) is 1.88. The first-order valence-electron chi connectivity index (χ1n) is 3.29. The van der Waals surface area contributed by atoms with Gasteiger partial charge in [0.25, 0.3) is 0 Å². The number of hydrogen-bond donors (Lipinski definition) is 1. The molecule has 0 saturated carbocycles. The number of aliphatic carboxylic acids is 1. The number of hydrogen-bond acceptors (Lipinski definition) is 2. The van der Waals surface area contributed by atoms with E-state index >= 15 is 0 Å². The molecule has 0 aromatic heterocycles. The minimum atomic E-state index is -0.690. The van der Waals surface area contributed by atoms with Crippen LogP contribution in [0.1, 0.15) is 20.3 Å². The summed E-state index contributed by atoms with van der Waals surface area (Å²) in [6.07, 6.45) is 2.63. The predicted molar refractivity (Wildman–Crippen MR) is 44.4 cm³/mol. The highest BCUT2D eigenvalue weighted by molar-refractivity contribution is 7.98. The van der Waals surface area contributed by atoms with Crippen molar-refractivity contribution in [2.45, 2.75) is 20.3 Å². The minimum absolute atomic E-state index is 0.528. The van der Waals surface area contributed by atoms with Crippen LogP contribution < -0.4 is 0 Å². The molecule has 2 nitrogen and oxygen atoms in total. The SMILES string of the molecule is CCC(C)(CSC)C(=O)O. The Morgan fingerprint density at radius 1 is 1.70 bits per heavy atom. The standard InChI is InChI=1S/C7H14O2S/c1-4-7(2,5-10-3)6(8)9/h4-5H2,1-3H3,(H,8,9). The van der Waals surface area contributed by atoms with Crippen LogP contribution in [-0.4, -0.2) is 23.1 Å². The van der Waals surface area contributed by atoms with E-state index in [-0.39, 0.29) is 0 Å². The lowest BCUT2D eigenvalue weighted by atomic mass is 9.90. The summed E-state index contributed by atoms with van der Waals surface area (Å²) in [4.78, 5) is 10.6. The van der Waals surface area contributed by atoms with Crippen molar-refractivity contribution in [3.05, 3.63) is 0 Å². The van der Waals surface area contributed by atoms with Gasteiger partial charge in [0, 0.05) is 5.75 Å². The molecule has 0 aromatic carbocycles. The predicted octanol–water partition coefficient (Wildman–Crippen LogP) is 1.85. The number of carboxylic acid groups (broad SMARTS) is 1. The van der Waals surface area contributed by atoms with Gasteiger partial charge in [0.05, 0.1) is 5.41 Å². The summed E-state index contributed by atoms with van der Waals surface area (Å²) in [5.74, 6) is 0.00287. The highest BCUT2D eigenvalue weighted by Gasteiger charge is 2.29. The molecule has 0 fully saturated rings. The van der Waals surface area contributed by atoms with Crippen LogP contribution in [0.5, 0.6) is 0 Å². The van der Waals surface area contributed by atoms with Gasteiger partial charge in [-0.3, -0.25) is 4.79 Å². The highest BCUT2D eigenvalue weighted by atomic mass is 32.2. The number of carboxylic acids is 1. The third-order valence-electron chi connectivity index (χ3n) is 1.76. The van der Waals surface area contributed by atoms with Gasteiger partial charge in [0.2, 0.25) is 0 Å². The molecule has 0 heterocycles. The second kappa shape index (κ2) is 3.86. The van der Waals surface area contributed by atoms with E-state index in [1.54, 1.807) is 18.7 Å². The smallest absolute Gasteiger partial charge is 0.310 e. The van der Waals surface area contributed by atoms with Gasteiger partial charge in [-0.1, -0.05) is 6.92 Å². The first-order chi connectivity index (χ1) is 4.56. The van der Waals surface area contributed by atoms with Crippen LogP contribution in [0.15, 0.2) is 0 Å². The molecule has 0 saturated heterocycles. The van der Waals surface area contributed by atoms with Gasteiger partial charge in [-0.25, -0.2) is 0 Å². The van der Waals surface area contributed by atoms with Crippen molar-refractivity contribution in [2.75, 3.05) is 12.0 Å². The Hall–Kier alpha value is -0.180. The molecule has 0 bridgehead atoms. The summed E-state index contributed by atoms with van der Waals surface area (Å²) in [7, 11) is 0. The van der Waals surface area contributed by atoms with Crippen LogP contribution in [0.25, 0.3) is 0 Å². The fourth-order valence-electron chi connectivity index (χ4n) is 0.634. The molecule has 0 aromatic rings. The quantitative estimate of drug-likeness (QED) is 0.685. The third kappa shape index (κ3) is 2.21. The van der Waals surface area contributed by atoms with Gasteiger partial charge in [-0.2, -0.15) is 11.8 Å². The maximum absolute atomic E-state index is 10.6. The van der Waals surface area contributed by atoms with Crippen molar-refractivity contribution in [2.24, 2.45) is 5.41 Å². The third-order valence-corrected chi connectivity index (χ3v) is 2.69. The van der Waals surface area contributed by atoms with Crippen molar-refractivity contribution in [1.29, 1.82) is 0 Å². The summed E-state index contributed by atoms with van der Waals surface area (Å²) >= 11 is 1.58. The fourth-order valence-corrected chi connectivity index (χ4v) is 1.60. The van der Waals surface area contributed by atoms with E-state index in [0.717, 1.165) is 0 Å². The van der Waals surface area contributed by atoms with Gasteiger partial charge in [-0.05, 0) is 19.6 Å². The maximum atomic E-state index is 10.6. The van der Waals surface area contributed by atoms with Crippen LogP contribution in [0.4, 0.5) is 0 Å². The molecule has 0 spiro atoms. The largest absolute Gasteiger partial charge is 0.481 e. The molecule has 1 unspecified atom stereocenters. The van der Waals surface area contributed by atoms with Gasteiger partial charge in [0.15, 0.2) is 0 Å². The van der Waals surface area contributed by atoms with Crippen molar-refractivity contribution in [3.8, 4) is 0 Å². The summed E-state index contributed by atoms with van der Waals surface area (Å²) in [6.45, 7) is 3.69. The van der Waals surface area contributed by atoms with E-state index < -0.39 is 11.4 Å².